The van der Waals surface area contributed by atoms with E-state index in [1.807, 2.05) is 0 Å². The minimum Gasteiger partial charge on any atom is -0.0654 e. The Balaban J connectivity index is 1.45. The molecule has 4 aromatic rings. The molecule has 0 heteroatoms. The van der Waals surface area contributed by atoms with Crippen LogP contribution in [0, 0.1) is 0 Å². The van der Waals surface area contributed by atoms with Crippen LogP contribution >= 0.6 is 0 Å². The second-order valence-electron chi connectivity index (χ2n) is 10.9. The number of benzene rings is 4. The number of hydrogen-bond acceptors (Lipinski definition) is 0. The van der Waals surface area contributed by atoms with Crippen LogP contribution in [0.25, 0.3) is 35.4 Å². The Morgan fingerprint density at radius 3 is 1.20 bits per heavy atom. The van der Waals surface area contributed by atoms with Gasteiger partial charge < -0.3 is 0 Å². The topological polar surface area (TPSA) is 0 Å². The van der Waals surface area contributed by atoms with Crippen LogP contribution in [-0.4, -0.2) is 0 Å². The Morgan fingerprint density at radius 2 is 0.800 bits per heavy atom. The zero-order valence-corrected chi connectivity index (χ0v) is 24.6. The van der Waals surface area contributed by atoms with Gasteiger partial charge in [0, 0.05) is 0 Å². The maximum atomic E-state index is 2.29. The molecule has 0 saturated heterocycles. The molecule has 0 N–H and O–H groups in total. The van der Waals surface area contributed by atoms with E-state index in [0.717, 1.165) is 0 Å². The van der Waals surface area contributed by atoms with Crippen LogP contribution in [-0.2, 0) is 12.8 Å². The quantitative estimate of drug-likeness (QED) is 0.107. The minimum absolute atomic E-state index is 1.18. The van der Waals surface area contributed by atoms with Crippen LogP contribution in [0.4, 0.5) is 0 Å². The summed E-state index contributed by atoms with van der Waals surface area (Å²) in [4.78, 5) is 0. The van der Waals surface area contributed by atoms with Gasteiger partial charge in [-0.05, 0) is 70.2 Å². The van der Waals surface area contributed by atoms with Gasteiger partial charge in [0.05, 0.1) is 0 Å². The van der Waals surface area contributed by atoms with Crippen molar-refractivity contribution in [2.75, 3.05) is 0 Å². The van der Waals surface area contributed by atoms with Crippen molar-refractivity contribution >= 4 is 24.3 Å². The van der Waals surface area contributed by atoms with Crippen LogP contribution in [0.15, 0.2) is 97.1 Å². The second kappa shape index (κ2) is 16.5. The highest BCUT2D eigenvalue weighted by molar-refractivity contribution is 5.87. The van der Waals surface area contributed by atoms with Gasteiger partial charge in [0.1, 0.15) is 0 Å². The lowest BCUT2D eigenvalue weighted by Gasteiger charge is -2.10. The largest absolute Gasteiger partial charge is 0.0654 e. The number of aryl methyl sites for hydroxylation is 2. The molecule has 0 radical (unpaired) electrons. The summed E-state index contributed by atoms with van der Waals surface area (Å²) in [5.41, 5.74) is 10.4. The summed E-state index contributed by atoms with van der Waals surface area (Å²) in [6.45, 7) is 4.54. The lowest BCUT2D eigenvalue weighted by molar-refractivity contribution is 0.667. The van der Waals surface area contributed by atoms with Crippen molar-refractivity contribution in [3.8, 4) is 11.1 Å². The van der Waals surface area contributed by atoms with E-state index in [1.54, 1.807) is 0 Å². The normalized spacial score (nSPS) is 11.6. The Kier molecular flexibility index (Phi) is 12.1. The molecule has 0 unspecified atom stereocenters. The lowest BCUT2D eigenvalue weighted by atomic mass is 9.94. The van der Waals surface area contributed by atoms with Gasteiger partial charge in [-0.15, -0.1) is 0 Å². The summed E-state index contributed by atoms with van der Waals surface area (Å²) >= 11 is 0. The molecule has 0 aliphatic carbocycles. The lowest BCUT2D eigenvalue weighted by Crippen LogP contribution is -1.88. The maximum absolute atomic E-state index is 2.29. The molecule has 0 fully saturated rings. The van der Waals surface area contributed by atoms with E-state index in [0.29, 0.717) is 0 Å². The fraction of sp³-hybridized carbons (Fsp3) is 0.300. The molecule has 4 aromatic carbocycles. The van der Waals surface area contributed by atoms with Gasteiger partial charge in [0.25, 0.3) is 0 Å². The summed E-state index contributed by atoms with van der Waals surface area (Å²) in [6.07, 6.45) is 21.8. The van der Waals surface area contributed by atoms with Gasteiger partial charge in [-0.1, -0.05) is 174 Å². The standard InChI is InChI=1S/C40H46/c1-3-5-7-9-15-33-21-25-35(26-22-33)29-31-37-17-11-13-19-39(37)40-20-14-12-18-38(40)32-30-36-27-23-34(24-28-36)16-10-8-6-4-2/h11-14,17-32H,3-10,15-16H2,1-2H3/b31-29+,32-30+. The molecule has 0 nitrogen and oxygen atoms in total. The van der Waals surface area contributed by atoms with E-state index in [-0.39, 0.29) is 0 Å². The van der Waals surface area contributed by atoms with Crippen molar-refractivity contribution in [1.29, 1.82) is 0 Å². The van der Waals surface area contributed by atoms with E-state index in [4.69, 9.17) is 0 Å². The van der Waals surface area contributed by atoms with Crippen molar-refractivity contribution in [1.82, 2.24) is 0 Å². The first-order valence-corrected chi connectivity index (χ1v) is 15.5. The molecule has 0 spiro atoms. The second-order valence-corrected chi connectivity index (χ2v) is 10.9. The van der Waals surface area contributed by atoms with Gasteiger partial charge in [-0.3, -0.25) is 0 Å². The van der Waals surface area contributed by atoms with E-state index < -0.39 is 0 Å². The van der Waals surface area contributed by atoms with Crippen molar-refractivity contribution in [3.63, 3.8) is 0 Å². The SMILES string of the molecule is CCCCCCc1ccc(/C=C/c2ccccc2-c2ccccc2/C=C/c2ccc(CCCCCC)cc2)cc1. The third-order valence-electron chi connectivity index (χ3n) is 7.72. The van der Waals surface area contributed by atoms with Crippen LogP contribution in [0.3, 0.4) is 0 Å². The van der Waals surface area contributed by atoms with E-state index >= 15 is 0 Å². The predicted octanol–water partition coefficient (Wildman–Crippen LogP) is 11.9. The smallest absolute Gasteiger partial charge is 0.0105 e. The molecule has 0 amide bonds. The fourth-order valence-electron chi connectivity index (χ4n) is 5.25. The van der Waals surface area contributed by atoms with Gasteiger partial charge >= 0.3 is 0 Å². The molecular weight excluding hydrogens is 480 g/mol. The molecule has 0 saturated carbocycles. The Labute approximate surface area is 243 Å². The highest BCUT2D eigenvalue weighted by Gasteiger charge is 2.06. The predicted molar refractivity (Wildman–Crippen MR) is 178 cm³/mol. The Bertz CT molecular complexity index is 1230. The Morgan fingerprint density at radius 1 is 0.400 bits per heavy atom. The summed E-state index contributed by atoms with van der Waals surface area (Å²) in [6, 6.07) is 35.6. The summed E-state index contributed by atoms with van der Waals surface area (Å²) in [7, 11) is 0. The zero-order chi connectivity index (χ0) is 27.8. The van der Waals surface area contributed by atoms with Crippen molar-refractivity contribution < 1.29 is 0 Å². The first-order valence-electron chi connectivity index (χ1n) is 15.5. The van der Waals surface area contributed by atoms with Crippen LogP contribution in [0.5, 0.6) is 0 Å². The molecule has 206 valence electrons. The van der Waals surface area contributed by atoms with Crippen LogP contribution in [0.1, 0.15) is 98.6 Å². The zero-order valence-electron chi connectivity index (χ0n) is 24.6. The molecule has 0 aliphatic rings. The molecule has 0 aromatic heterocycles. The molecule has 4 rings (SSSR count). The van der Waals surface area contributed by atoms with Crippen molar-refractivity contribution in [2.24, 2.45) is 0 Å². The minimum atomic E-state index is 1.18. The number of hydrogen-bond donors (Lipinski definition) is 0. The van der Waals surface area contributed by atoms with Gasteiger partial charge in [-0.2, -0.15) is 0 Å². The van der Waals surface area contributed by atoms with E-state index in [1.165, 1.54) is 109 Å². The fourth-order valence-corrected chi connectivity index (χ4v) is 5.25. The maximum Gasteiger partial charge on any atom is -0.0105 e. The van der Waals surface area contributed by atoms with E-state index in [9.17, 15) is 0 Å². The third kappa shape index (κ3) is 9.23. The molecular formula is C40H46. The third-order valence-corrected chi connectivity index (χ3v) is 7.72. The summed E-state index contributed by atoms with van der Waals surface area (Å²) in [5, 5.41) is 0. The first-order chi connectivity index (χ1) is 19.8. The average Bonchev–Trinajstić information content (AvgIpc) is 3.01. The number of unbranched alkanes of at least 4 members (excludes halogenated alkanes) is 6. The molecule has 40 heavy (non-hydrogen) atoms. The van der Waals surface area contributed by atoms with Crippen LogP contribution in [0.2, 0.25) is 0 Å². The summed E-state index contributed by atoms with van der Waals surface area (Å²) in [5.74, 6) is 0. The first kappa shape index (κ1) is 29.3. The average molecular weight is 527 g/mol. The molecule has 0 bridgehead atoms. The molecule has 0 atom stereocenters. The van der Waals surface area contributed by atoms with Gasteiger partial charge in [0.2, 0.25) is 0 Å². The van der Waals surface area contributed by atoms with Gasteiger partial charge in [-0.25, -0.2) is 0 Å². The van der Waals surface area contributed by atoms with E-state index in [2.05, 4.69) is 135 Å². The molecule has 0 aliphatic heterocycles. The van der Waals surface area contributed by atoms with Crippen LogP contribution < -0.4 is 0 Å². The van der Waals surface area contributed by atoms with Crippen molar-refractivity contribution in [3.05, 3.63) is 130 Å². The monoisotopic (exact) mass is 526 g/mol. The summed E-state index contributed by atoms with van der Waals surface area (Å²) < 4.78 is 0. The highest BCUT2D eigenvalue weighted by atomic mass is 14.1. The van der Waals surface area contributed by atoms with Crippen molar-refractivity contribution in [2.45, 2.75) is 78.1 Å². The number of rotatable bonds is 15. The van der Waals surface area contributed by atoms with Gasteiger partial charge in [0.15, 0.2) is 0 Å². The Hall–Kier alpha value is -3.64. The highest BCUT2D eigenvalue weighted by Crippen LogP contribution is 2.30. The molecule has 0 heterocycles.